The second-order valence-corrected chi connectivity index (χ2v) is 3.80. The van der Waals surface area contributed by atoms with E-state index in [1.807, 2.05) is 16.9 Å². The van der Waals surface area contributed by atoms with E-state index in [1.54, 1.807) is 24.4 Å². The Morgan fingerprint density at radius 2 is 2.28 bits per heavy atom. The maximum absolute atomic E-state index is 10.8. The fourth-order valence-electron chi connectivity index (χ4n) is 1.57. The molecule has 2 aromatic rings. The molecule has 94 valence electrons. The van der Waals surface area contributed by atoms with Crippen LogP contribution in [0, 0.1) is 0 Å². The molecule has 5 nitrogen and oxygen atoms in total. The predicted octanol–water partition coefficient (Wildman–Crippen LogP) is 2.05. The molecule has 1 aromatic carbocycles. The summed E-state index contributed by atoms with van der Waals surface area (Å²) in [6.07, 6.45) is 4.45. The molecule has 0 unspecified atom stereocenters. The third-order valence-corrected chi connectivity index (χ3v) is 2.44. The molecular weight excluding hydrogens is 232 g/mol. The summed E-state index contributed by atoms with van der Waals surface area (Å²) in [6.45, 7) is 1.31. The van der Waals surface area contributed by atoms with Crippen LogP contribution in [0.25, 0.3) is 0 Å². The Hall–Kier alpha value is -2.30. The minimum absolute atomic E-state index is 0.236. The highest BCUT2D eigenvalue weighted by atomic mass is 16.5. The minimum Gasteiger partial charge on any atom is -0.494 e. The van der Waals surface area contributed by atoms with Gasteiger partial charge in [0.05, 0.1) is 12.2 Å². The van der Waals surface area contributed by atoms with Gasteiger partial charge in [-0.15, -0.1) is 0 Å². The highest BCUT2D eigenvalue weighted by Gasteiger charge is 2.03. The Balaban J connectivity index is 1.79. The fourth-order valence-corrected chi connectivity index (χ4v) is 1.57. The van der Waals surface area contributed by atoms with Gasteiger partial charge in [-0.05, 0) is 24.3 Å². The van der Waals surface area contributed by atoms with E-state index in [2.05, 4.69) is 5.10 Å². The Morgan fingerprint density at radius 1 is 1.39 bits per heavy atom. The first-order valence-electron chi connectivity index (χ1n) is 5.69. The van der Waals surface area contributed by atoms with E-state index in [4.69, 9.17) is 9.84 Å². The van der Waals surface area contributed by atoms with Crippen molar-refractivity contribution in [1.29, 1.82) is 0 Å². The summed E-state index contributed by atoms with van der Waals surface area (Å²) in [5, 5.41) is 12.9. The standard InChI is InChI=1S/C13H14N2O3/c16-13(17)11-4-1-5-12(10-11)18-9-3-8-15-7-2-6-14-15/h1-2,4-7,10H,3,8-9H2,(H,16,17). The largest absolute Gasteiger partial charge is 0.494 e. The summed E-state index contributed by atoms with van der Waals surface area (Å²) in [4.78, 5) is 10.8. The Bertz CT molecular complexity index is 509. The molecule has 0 saturated heterocycles. The molecule has 1 aromatic heterocycles. The van der Waals surface area contributed by atoms with Crippen molar-refractivity contribution >= 4 is 5.97 Å². The lowest BCUT2D eigenvalue weighted by Crippen LogP contribution is -2.05. The Kier molecular flexibility index (Phi) is 3.96. The minimum atomic E-state index is -0.947. The SMILES string of the molecule is O=C(O)c1cccc(OCCCn2cccn2)c1. The van der Waals surface area contributed by atoms with Crippen LogP contribution < -0.4 is 4.74 Å². The highest BCUT2D eigenvalue weighted by Crippen LogP contribution is 2.13. The molecule has 0 radical (unpaired) electrons. The van der Waals surface area contributed by atoms with Crippen molar-refractivity contribution in [2.24, 2.45) is 0 Å². The Morgan fingerprint density at radius 3 is 3.00 bits per heavy atom. The average Bonchev–Trinajstić information content (AvgIpc) is 2.88. The number of benzene rings is 1. The van der Waals surface area contributed by atoms with Crippen LogP contribution in [-0.2, 0) is 6.54 Å². The summed E-state index contributed by atoms with van der Waals surface area (Å²) in [7, 11) is 0. The first kappa shape index (κ1) is 12.2. The van der Waals surface area contributed by atoms with Gasteiger partial charge >= 0.3 is 5.97 Å². The van der Waals surface area contributed by atoms with Gasteiger partial charge < -0.3 is 9.84 Å². The fraction of sp³-hybridized carbons (Fsp3) is 0.231. The zero-order valence-electron chi connectivity index (χ0n) is 9.82. The third kappa shape index (κ3) is 3.35. The van der Waals surface area contributed by atoms with Crippen molar-refractivity contribution in [1.82, 2.24) is 9.78 Å². The monoisotopic (exact) mass is 246 g/mol. The zero-order chi connectivity index (χ0) is 12.8. The average molecular weight is 246 g/mol. The number of nitrogens with zero attached hydrogens (tertiary/aromatic N) is 2. The molecule has 0 atom stereocenters. The summed E-state index contributed by atoms with van der Waals surface area (Å²) in [6, 6.07) is 8.36. The molecule has 0 saturated carbocycles. The van der Waals surface area contributed by atoms with E-state index in [-0.39, 0.29) is 5.56 Å². The van der Waals surface area contributed by atoms with Crippen LogP contribution in [0.5, 0.6) is 5.75 Å². The van der Waals surface area contributed by atoms with Gasteiger partial charge in [-0.2, -0.15) is 5.10 Å². The van der Waals surface area contributed by atoms with Crippen LogP contribution in [0.2, 0.25) is 0 Å². The zero-order valence-corrected chi connectivity index (χ0v) is 9.82. The molecule has 0 spiro atoms. The topological polar surface area (TPSA) is 64.3 Å². The number of aryl methyl sites for hydroxylation is 1. The lowest BCUT2D eigenvalue weighted by Gasteiger charge is -2.06. The lowest BCUT2D eigenvalue weighted by molar-refractivity contribution is 0.0696. The van der Waals surface area contributed by atoms with E-state index < -0.39 is 5.97 Å². The van der Waals surface area contributed by atoms with Crippen molar-refractivity contribution in [3.63, 3.8) is 0 Å². The van der Waals surface area contributed by atoms with Crippen molar-refractivity contribution in [2.75, 3.05) is 6.61 Å². The van der Waals surface area contributed by atoms with Crippen molar-refractivity contribution in [3.8, 4) is 5.75 Å². The summed E-state index contributed by atoms with van der Waals surface area (Å²) in [5.74, 6) is -0.368. The second-order valence-electron chi connectivity index (χ2n) is 3.80. The van der Waals surface area contributed by atoms with Crippen molar-refractivity contribution in [2.45, 2.75) is 13.0 Å². The first-order chi connectivity index (χ1) is 8.75. The summed E-state index contributed by atoms with van der Waals surface area (Å²) >= 11 is 0. The first-order valence-corrected chi connectivity index (χ1v) is 5.69. The van der Waals surface area contributed by atoms with Crippen LogP contribution in [0.1, 0.15) is 16.8 Å². The molecule has 0 bridgehead atoms. The second kappa shape index (κ2) is 5.86. The van der Waals surface area contributed by atoms with Gasteiger partial charge in [0.1, 0.15) is 5.75 Å². The van der Waals surface area contributed by atoms with E-state index in [1.165, 1.54) is 6.07 Å². The normalized spacial score (nSPS) is 10.2. The lowest BCUT2D eigenvalue weighted by atomic mass is 10.2. The van der Waals surface area contributed by atoms with Crippen LogP contribution >= 0.6 is 0 Å². The number of carboxylic acid groups (broad SMARTS) is 1. The van der Waals surface area contributed by atoms with E-state index in [9.17, 15) is 4.79 Å². The van der Waals surface area contributed by atoms with Gasteiger partial charge in [0.15, 0.2) is 0 Å². The van der Waals surface area contributed by atoms with Gasteiger partial charge in [-0.1, -0.05) is 6.07 Å². The number of aromatic carboxylic acids is 1. The van der Waals surface area contributed by atoms with E-state index in [0.717, 1.165) is 13.0 Å². The molecule has 1 heterocycles. The molecule has 2 rings (SSSR count). The van der Waals surface area contributed by atoms with Gasteiger partial charge in [-0.25, -0.2) is 4.79 Å². The van der Waals surface area contributed by atoms with Gasteiger partial charge in [0.2, 0.25) is 0 Å². The molecule has 1 N–H and O–H groups in total. The quantitative estimate of drug-likeness (QED) is 0.792. The summed E-state index contributed by atoms with van der Waals surface area (Å²) in [5.41, 5.74) is 0.236. The maximum atomic E-state index is 10.8. The van der Waals surface area contributed by atoms with Gasteiger partial charge in [0.25, 0.3) is 0 Å². The van der Waals surface area contributed by atoms with Gasteiger partial charge in [0, 0.05) is 25.4 Å². The van der Waals surface area contributed by atoms with Crippen LogP contribution in [0.4, 0.5) is 0 Å². The molecule has 0 aliphatic rings. The summed E-state index contributed by atoms with van der Waals surface area (Å²) < 4.78 is 7.32. The number of hydrogen-bond acceptors (Lipinski definition) is 3. The number of ether oxygens (including phenoxy) is 1. The molecule has 0 amide bonds. The van der Waals surface area contributed by atoms with Crippen molar-refractivity contribution < 1.29 is 14.6 Å². The van der Waals surface area contributed by atoms with Crippen molar-refractivity contribution in [3.05, 3.63) is 48.3 Å². The molecule has 18 heavy (non-hydrogen) atoms. The number of carboxylic acids is 1. The van der Waals surface area contributed by atoms with E-state index in [0.29, 0.717) is 12.4 Å². The Labute approximate surface area is 105 Å². The molecule has 0 fully saturated rings. The smallest absolute Gasteiger partial charge is 0.335 e. The maximum Gasteiger partial charge on any atom is 0.335 e. The number of aromatic nitrogens is 2. The highest BCUT2D eigenvalue weighted by molar-refractivity contribution is 5.87. The van der Waals surface area contributed by atoms with E-state index >= 15 is 0 Å². The molecular formula is C13H14N2O3. The van der Waals surface area contributed by atoms with Crippen LogP contribution in [0.15, 0.2) is 42.7 Å². The number of carbonyl (C=O) groups is 1. The third-order valence-electron chi connectivity index (χ3n) is 2.44. The van der Waals surface area contributed by atoms with Crippen LogP contribution in [-0.4, -0.2) is 27.5 Å². The molecule has 0 aliphatic heterocycles. The number of rotatable bonds is 6. The van der Waals surface area contributed by atoms with Crippen LogP contribution in [0.3, 0.4) is 0 Å². The van der Waals surface area contributed by atoms with Gasteiger partial charge in [-0.3, -0.25) is 4.68 Å². The molecule has 0 aliphatic carbocycles. The predicted molar refractivity (Wildman–Crippen MR) is 65.7 cm³/mol. The molecule has 5 heteroatoms. The number of hydrogen-bond donors (Lipinski definition) is 1.